The van der Waals surface area contributed by atoms with Crippen molar-refractivity contribution in [3.05, 3.63) is 223 Å². The predicted molar refractivity (Wildman–Crippen MR) is 256 cm³/mol. The summed E-state index contributed by atoms with van der Waals surface area (Å²) in [5, 5.41) is 12.4. The molecule has 0 bridgehead atoms. The zero-order valence-corrected chi connectivity index (χ0v) is 33.5. The van der Waals surface area contributed by atoms with E-state index < -0.39 is 0 Å². The number of aromatic nitrogens is 2. The Kier molecular flexibility index (Phi) is 7.25. The molecule has 10 aromatic carbocycles. The van der Waals surface area contributed by atoms with Gasteiger partial charge in [0.1, 0.15) is 5.84 Å². The lowest BCUT2D eigenvalue weighted by Crippen LogP contribution is -2.35. The number of fused-ring (bicyclic) bond motifs is 11. The number of rotatable bonds is 4. The summed E-state index contributed by atoms with van der Waals surface area (Å²) in [7, 11) is 2.22. The highest BCUT2D eigenvalue weighted by Crippen LogP contribution is 2.44. The van der Waals surface area contributed by atoms with Gasteiger partial charge in [0.15, 0.2) is 0 Å². The average Bonchev–Trinajstić information content (AvgIpc) is 3.82. The number of aliphatic imine (C=N–C) groups is 1. The Labute approximate surface area is 352 Å². The van der Waals surface area contributed by atoms with Crippen LogP contribution in [0, 0.1) is 0 Å². The molecule has 13 rings (SSSR count). The van der Waals surface area contributed by atoms with Gasteiger partial charge in [0.2, 0.25) is 0 Å². The van der Waals surface area contributed by atoms with Crippen molar-refractivity contribution >= 4 is 87.5 Å². The normalized spacial score (nSPS) is 14.2. The summed E-state index contributed by atoms with van der Waals surface area (Å²) in [6, 6.07) is 75.4. The van der Waals surface area contributed by atoms with Crippen LogP contribution in [0.5, 0.6) is 0 Å². The fourth-order valence-electron chi connectivity index (χ4n) is 10.4. The van der Waals surface area contributed by atoms with Crippen LogP contribution < -0.4 is 0 Å². The summed E-state index contributed by atoms with van der Waals surface area (Å²) in [5.74, 6) is 0.944. The van der Waals surface area contributed by atoms with E-state index in [1.165, 1.54) is 87.1 Å². The van der Waals surface area contributed by atoms with Gasteiger partial charge in [0.05, 0.1) is 39.5 Å². The molecular weight excluding hydrogens is 741 g/mol. The number of hydrogen-bond acceptors (Lipinski definition) is 2. The molecule has 0 fully saturated rings. The molecule has 12 aromatic rings. The van der Waals surface area contributed by atoms with Crippen molar-refractivity contribution in [3.8, 4) is 11.4 Å². The molecule has 4 heteroatoms. The average molecular weight is 779 g/mol. The lowest BCUT2D eigenvalue weighted by Gasteiger charge is -2.36. The number of benzene rings is 10. The Bertz CT molecular complexity index is 3790. The third-order valence-corrected chi connectivity index (χ3v) is 13.1. The molecule has 1 unspecified atom stereocenters. The van der Waals surface area contributed by atoms with Crippen LogP contribution in [0.1, 0.15) is 22.7 Å². The van der Waals surface area contributed by atoms with Crippen LogP contribution in [-0.4, -0.2) is 26.9 Å². The second-order valence-electron chi connectivity index (χ2n) is 16.4. The first-order valence-corrected chi connectivity index (χ1v) is 21.1. The van der Waals surface area contributed by atoms with E-state index in [0.29, 0.717) is 0 Å². The van der Waals surface area contributed by atoms with E-state index in [-0.39, 0.29) is 6.04 Å². The van der Waals surface area contributed by atoms with Crippen LogP contribution in [0.4, 0.5) is 5.69 Å². The Morgan fingerprint density at radius 3 is 1.92 bits per heavy atom. The predicted octanol–water partition coefficient (Wildman–Crippen LogP) is 14.5. The fourth-order valence-corrected chi connectivity index (χ4v) is 10.4. The Hall–Kier alpha value is -7.95. The van der Waals surface area contributed by atoms with E-state index in [2.05, 4.69) is 227 Å². The number of para-hydroxylation sites is 3. The summed E-state index contributed by atoms with van der Waals surface area (Å²) >= 11 is 0. The van der Waals surface area contributed by atoms with Gasteiger partial charge in [0.25, 0.3) is 0 Å². The molecule has 0 aliphatic carbocycles. The number of amidine groups is 1. The third kappa shape index (κ3) is 5.03. The molecule has 286 valence electrons. The van der Waals surface area contributed by atoms with E-state index in [9.17, 15) is 0 Å². The Morgan fingerprint density at radius 1 is 0.410 bits per heavy atom. The maximum absolute atomic E-state index is 5.49. The van der Waals surface area contributed by atoms with Gasteiger partial charge in [-0.05, 0) is 99.2 Å². The SMILES string of the molecule is CN1C(c2cc(-n3c4ccccc4c4cc5ccccc5cc43)c3ccccc3c2)=Nc2ccccc2C1c1ccc2c(c1)c1c3ccccc3ccc1n2-c1ccccc1. The minimum atomic E-state index is -0.0762. The van der Waals surface area contributed by atoms with E-state index in [4.69, 9.17) is 4.99 Å². The lowest BCUT2D eigenvalue weighted by molar-refractivity contribution is 0.422. The van der Waals surface area contributed by atoms with Gasteiger partial charge in [0, 0.05) is 50.8 Å². The molecule has 0 spiro atoms. The Morgan fingerprint density at radius 2 is 1.07 bits per heavy atom. The number of hydrogen-bond donors (Lipinski definition) is 0. The van der Waals surface area contributed by atoms with Crippen LogP contribution in [-0.2, 0) is 0 Å². The molecule has 0 N–H and O–H groups in total. The van der Waals surface area contributed by atoms with Crippen molar-refractivity contribution in [2.24, 2.45) is 4.99 Å². The third-order valence-electron chi connectivity index (χ3n) is 13.1. The summed E-state index contributed by atoms with van der Waals surface area (Å²) in [4.78, 5) is 7.89. The van der Waals surface area contributed by atoms with Crippen molar-refractivity contribution in [2.75, 3.05) is 7.05 Å². The summed E-state index contributed by atoms with van der Waals surface area (Å²) in [6.07, 6.45) is 0. The van der Waals surface area contributed by atoms with E-state index in [1.54, 1.807) is 0 Å². The van der Waals surface area contributed by atoms with Crippen LogP contribution >= 0.6 is 0 Å². The highest BCUT2D eigenvalue weighted by molar-refractivity contribution is 6.21. The molecule has 4 nitrogen and oxygen atoms in total. The number of nitrogens with zero attached hydrogens (tertiary/aromatic N) is 4. The molecule has 1 atom stereocenters. The van der Waals surface area contributed by atoms with E-state index in [0.717, 1.165) is 28.5 Å². The van der Waals surface area contributed by atoms with Crippen LogP contribution in [0.25, 0.3) is 87.3 Å². The molecule has 1 aliphatic rings. The first-order chi connectivity index (χ1) is 30.2. The summed E-state index contributed by atoms with van der Waals surface area (Å²) < 4.78 is 4.89. The van der Waals surface area contributed by atoms with Crippen LogP contribution in [0.3, 0.4) is 0 Å². The highest BCUT2D eigenvalue weighted by Gasteiger charge is 2.31. The quantitative estimate of drug-likeness (QED) is 0.175. The Balaban J connectivity index is 1.03. The molecule has 3 heterocycles. The molecular formula is C57H38N4. The maximum atomic E-state index is 5.49. The zero-order chi connectivity index (χ0) is 40.2. The lowest BCUT2D eigenvalue weighted by atomic mass is 9.91. The van der Waals surface area contributed by atoms with Gasteiger partial charge in [-0.25, -0.2) is 4.99 Å². The van der Waals surface area contributed by atoms with Crippen molar-refractivity contribution in [1.82, 2.24) is 14.0 Å². The zero-order valence-electron chi connectivity index (χ0n) is 33.5. The molecule has 2 aromatic heterocycles. The van der Waals surface area contributed by atoms with Gasteiger partial charge >= 0.3 is 0 Å². The summed E-state index contributed by atoms with van der Waals surface area (Å²) in [6.45, 7) is 0. The van der Waals surface area contributed by atoms with E-state index >= 15 is 0 Å². The second-order valence-corrected chi connectivity index (χ2v) is 16.4. The molecule has 0 amide bonds. The van der Waals surface area contributed by atoms with Crippen molar-refractivity contribution in [3.63, 3.8) is 0 Å². The van der Waals surface area contributed by atoms with Gasteiger partial charge < -0.3 is 14.0 Å². The second kappa shape index (κ2) is 13.0. The first-order valence-electron chi connectivity index (χ1n) is 21.1. The van der Waals surface area contributed by atoms with Gasteiger partial charge in [-0.1, -0.05) is 140 Å². The highest BCUT2D eigenvalue weighted by atomic mass is 15.2. The maximum Gasteiger partial charge on any atom is 0.137 e. The topological polar surface area (TPSA) is 25.5 Å². The monoisotopic (exact) mass is 778 g/mol. The smallest absolute Gasteiger partial charge is 0.137 e. The van der Waals surface area contributed by atoms with Crippen LogP contribution in [0.15, 0.2) is 211 Å². The largest absolute Gasteiger partial charge is 0.348 e. The van der Waals surface area contributed by atoms with Crippen LogP contribution in [0.2, 0.25) is 0 Å². The van der Waals surface area contributed by atoms with Crippen molar-refractivity contribution < 1.29 is 0 Å². The fraction of sp³-hybridized carbons (Fsp3) is 0.0351. The standard InChI is InChI=1S/C57H38N4/c1-59-56(40-28-29-51-48(33-40)55-44-22-10-7-15-36(44)27-30-52(55)60(51)42-19-3-2-4-20-42)46-24-11-13-25-49(46)58-57(59)41-31-39-18-8-9-21-43(39)53(35-41)61-50-26-14-12-23-45(50)47-32-37-16-5-6-17-38(37)34-54(47)61/h2-35,56H,1H3. The summed E-state index contributed by atoms with van der Waals surface area (Å²) in [5.41, 5.74) is 11.6. The van der Waals surface area contributed by atoms with Crippen molar-refractivity contribution in [1.29, 1.82) is 0 Å². The van der Waals surface area contributed by atoms with Gasteiger partial charge in [-0.2, -0.15) is 0 Å². The minimum absolute atomic E-state index is 0.0762. The molecule has 61 heavy (non-hydrogen) atoms. The van der Waals surface area contributed by atoms with E-state index in [1.807, 2.05) is 0 Å². The molecule has 0 saturated carbocycles. The van der Waals surface area contributed by atoms with Gasteiger partial charge in [-0.15, -0.1) is 0 Å². The van der Waals surface area contributed by atoms with Gasteiger partial charge in [-0.3, -0.25) is 0 Å². The first kappa shape index (κ1) is 34.0. The molecule has 0 saturated heterocycles. The van der Waals surface area contributed by atoms with Crippen molar-refractivity contribution in [2.45, 2.75) is 6.04 Å². The molecule has 1 aliphatic heterocycles. The minimum Gasteiger partial charge on any atom is -0.348 e. The molecule has 0 radical (unpaired) electrons.